The number of hydrogen-bond acceptors (Lipinski definition) is 7. The minimum Gasteiger partial charge on any atom is -0.483 e. The van der Waals surface area contributed by atoms with Gasteiger partial charge in [0.1, 0.15) is 23.6 Å². The Balaban J connectivity index is 1.08. The van der Waals surface area contributed by atoms with E-state index in [1.807, 2.05) is 68.4 Å². The maximum atomic E-state index is 13.4. The van der Waals surface area contributed by atoms with Crippen LogP contribution in [-0.4, -0.2) is 77.6 Å². The number of carboxylic acid groups (broad SMARTS) is 1. The number of carbonyl (C=O) groups excluding carboxylic acids is 4. The zero-order valence-electron chi connectivity index (χ0n) is 31.8. The SMILES string of the molecule is CC(C)CC(NC(=O)COc1ccccc1C1CCCCC1)C(=O)NC(Cc1ccc(OC(=O)N2CCC(NC(=O)Cc3ccccc3)CC2)cc1)C(=O)O. The van der Waals surface area contributed by atoms with E-state index in [0.29, 0.717) is 61.8 Å². The summed E-state index contributed by atoms with van der Waals surface area (Å²) in [5, 5.41) is 18.4. The van der Waals surface area contributed by atoms with Gasteiger partial charge in [0.2, 0.25) is 11.8 Å². The van der Waals surface area contributed by atoms with Crippen LogP contribution >= 0.6 is 0 Å². The number of benzene rings is 3. The normalized spacial score (nSPS) is 16.1. The molecule has 1 aliphatic carbocycles. The van der Waals surface area contributed by atoms with Crippen molar-refractivity contribution < 1.29 is 38.6 Å². The molecule has 0 bridgehead atoms. The zero-order chi connectivity index (χ0) is 39.2. The first-order chi connectivity index (χ1) is 26.5. The fourth-order valence-corrected chi connectivity index (χ4v) is 7.28. The van der Waals surface area contributed by atoms with Crippen molar-refractivity contribution in [2.45, 2.75) is 102 Å². The zero-order valence-corrected chi connectivity index (χ0v) is 31.8. The van der Waals surface area contributed by atoms with Gasteiger partial charge in [-0.3, -0.25) is 14.4 Å². The quantitative estimate of drug-likeness (QED) is 0.143. The molecule has 55 heavy (non-hydrogen) atoms. The van der Waals surface area contributed by atoms with Crippen LogP contribution in [0.2, 0.25) is 0 Å². The molecule has 3 aromatic carbocycles. The Kier molecular flexibility index (Phi) is 15.1. The van der Waals surface area contributed by atoms with Crippen molar-refractivity contribution in [1.82, 2.24) is 20.9 Å². The Labute approximate surface area is 323 Å². The number of carboxylic acids is 1. The number of carbonyl (C=O) groups is 5. The second kappa shape index (κ2) is 20.3. The predicted octanol–water partition coefficient (Wildman–Crippen LogP) is 5.78. The molecule has 4 N–H and O–H groups in total. The van der Waals surface area contributed by atoms with Crippen molar-refractivity contribution in [1.29, 1.82) is 0 Å². The lowest BCUT2D eigenvalue weighted by atomic mass is 9.84. The third kappa shape index (κ3) is 12.9. The Morgan fingerprint density at radius 1 is 0.764 bits per heavy atom. The van der Waals surface area contributed by atoms with E-state index in [-0.39, 0.29) is 30.9 Å². The van der Waals surface area contributed by atoms with E-state index in [1.165, 1.54) is 19.3 Å². The third-order valence-corrected chi connectivity index (χ3v) is 10.2. The maximum absolute atomic E-state index is 13.4. The largest absolute Gasteiger partial charge is 0.483 e. The molecule has 0 spiro atoms. The number of ether oxygens (including phenoxy) is 2. The molecule has 0 radical (unpaired) electrons. The van der Waals surface area contributed by atoms with Crippen LogP contribution in [0.4, 0.5) is 4.79 Å². The molecule has 2 fully saturated rings. The van der Waals surface area contributed by atoms with Gasteiger partial charge in [-0.1, -0.05) is 93.8 Å². The number of rotatable bonds is 16. The molecule has 5 rings (SSSR count). The maximum Gasteiger partial charge on any atom is 0.415 e. The van der Waals surface area contributed by atoms with Crippen molar-refractivity contribution >= 4 is 29.8 Å². The molecule has 2 unspecified atom stereocenters. The summed E-state index contributed by atoms with van der Waals surface area (Å²) in [7, 11) is 0. The molecule has 1 saturated heterocycles. The lowest BCUT2D eigenvalue weighted by Gasteiger charge is -2.31. The van der Waals surface area contributed by atoms with E-state index in [0.717, 1.165) is 24.0 Å². The van der Waals surface area contributed by atoms with Gasteiger partial charge in [0.05, 0.1) is 6.42 Å². The molecular formula is C43H54N4O8. The lowest BCUT2D eigenvalue weighted by Crippen LogP contribution is -2.53. The number of amides is 4. The highest BCUT2D eigenvalue weighted by molar-refractivity contribution is 5.91. The van der Waals surface area contributed by atoms with E-state index in [1.54, 1.807) is 29.2 Å². The Morgan fingerprint density at radius 3 is 2.11 bits per heavy atom. The number of piperidine rings is 1. The molecule has 12 nitrogen and oxygen atoms in total. The minimum atomic E-state index is -1.26. The summed E-state index contributed by atoms with van der Waals surface area (Å²) in [6.45, 7) is 4.44. The van der Waals surface area contributed by atoms with Crippen LogP contribution in [0.5, 0.6) is 11.5 Å². The number of hydrogen-bond donors (Lipinski definition) is 4. The average molecular weight is 755 g/mol. The van der Waals surface area contributed by atoms with Crippen LogP contribution in [-0.2, 0) is 32.0 Å². The van der Waals surface area contributed by atoms with Crippen LogP contribution in [0.1, 0.15) is 87.8 Å². The van der Waals surface area contributed by atoms with Gasteiger partial charge in [-0.25, -0.2) is 9.59 Å². The van der Waals surface area contributed by atoms with Gasteiger partial charge in [0.15, 0.2) is 6.61 Å². The highest BCUT2D eigenvalue weighted by atomic mass is 16.6. The molecule has 1 saturated carbocycles. The number of nitrogens with zero attached hydrogens (tertiary/aromatic N) is 1. The number of para-hydroxylation sites is 1. The fraction of sp³-hybridized carbons (Fsp3) is 0.465. The van der Waals surface area contributed by atoms with Crippen molar-refractivity contribution in [2.24, 2.45) is 5.92 Å². The van der Waals surface area contributed by atoms with Gasteiger partial charge < -0.3 is 35.4 Å². The topological polar surface area (TPSA) is 163 Å². The van der Waals surface area contributed by atoms with Crippen LogP contribution < -0.4 is 25.4 Å². The number of nitrogens with one attached hydrogen (secondary N) is 3. The van der Waals surface area contributed by atoms with Crippen molar-refractivity contribution in [3.8, 4) is 11.5 Å². The Bertz CT molecular complexity index is 1730. The van der Waals surface area contributed by atoms with E-state index >= 15 is 0 Å². The first kappa shape index (κ1) is 40.8. The van der Waals surface area contributed by atoms with Crippen molar-refractivity contribution in [2.75, 3.05) is 19.7 Å². The minimum absolute atomic E-state index is 0.0213. The van der Waals surface area contributed by atoms with Crippen LogP contribution in [0.3, 0.4) is 0 Å². The summed E-state index contributed by atoms with van der Waals surface area (Å²) in [5.74, 6) is -0.928. The number of likely N-dealkylation sites (tertiary alicyclic amines) is 1. The average Bonchev–Trinajstić information content (AvgIpc) is 3.18. The number of aliphatic carboxylic acids is 1. The van der Waals surface area contributed by atoms with E-state index < -0.39 is 36.0 Å². The molecular weight excluding hydrogens is 700 g/mol. The van der Waals surface area contributed by atoms with E-state index in [4.69, 9.17) is 9.47 Å². The van der Waals surface area contributed by atoms with E-state index in [9.17, 15) is 29.1 Å². The predicted molar refractivity (Wildman–Crippen MR) is 208 cm³/mol. The van der Waals surface area contributed by atoms with Gasteiger partial charge in [-0.05, 0) is 78.8 Å². The molecule has 2 aliphatic rings. The van der Waals surface area contributed by atoms with Gasteiger partial charge in [-0.2, -0.15) is 0 Å². The highest BCUT2D eigenvalue weighted by Crippen LogP contribution is 2.37. The van der Waals surface area contributed by atoms with Crippen molar-refractivity contribution in [3.63, 3.8) is 0 Å². The van der Waals surface area contributed by atoms with Crippen molar-refractivity contribution in [3.05, 3.63) is 95.6 Å². The molecule has 4 amide bonds. The Hall–Kier alpha value is -5.39. The summed E-state index contributed by atoms with van der Waals surface area (Å²) < 4.78 is 11.5. The summed E-state index contributed by atoms with van der Waals surface area (Å²) in [6, 6.07) is 21.5. The highest BCUT2D eigenvalue weighted by Gasteiger charge is 2.29. The van der Waals surface area contributed by atoms with Gasteiger partial charge >= 0.3 is 12.1 Å². The monoisotopic (exact) mass is 754 g/mol. The molecule has 12 heteroatoms. The first-order valence-electron chi connectivity index (χ1n) is 19.5. The summed E-state index contributed by atoms with van der Waals surface area (Å²) in [4.78, 5) is 65.6. The Morgan fingerprint density at radius 2 is 1.44 bits per heavy atom. The molecule has 2 atom stereocenters. The summed E-state index contributed by atoms with van der Waals surface area (Å²) in [5.41, 5.74) is 2.65. The van der Waals surface area contributed by atoms with Crippen LogP contribution in [0.25, 0.3) is 0 Å². The second-order valence-corrected chi connectivity index (χ2v) is 15.0. The first-order valence-corrected chi connectivity index (χ1v) is 19.5. The van der Waals surface area contributed by atoms with Gasteiger partial charge in [0.25, 0.3) is 5.91 Å². The third-order valence-electron chi connectivity index (χ3n) is 10.2. The second-order valence-electron chi connectivity index (χ2n) is 15.0. The smallest absolute Gasteiger partial charge is 0.415 e. The van der Waals surface area contributed by atoms with Gasteiger partial charge in [0, 0.05) is 25.6 Å². The standard InChI is InChI=1S/C43H54N4O8/c1-29(2)25-36(45-40(49)28-54-38-16-10-9-15-35(38)32-13-7-4-8-14-32)41(50)46-37(42(51)52)26-31-17-19-34(20-18-31)55-43(53)47-23-21-33(22-24-47)44-39(48)27-30-11-5-3-6-12-30/h3,5-6,9-12,15-20,29,32-33,36-37H,4,7-8,13-14,21-28H2,1-2H3,(H,44,48)(H,45,49)(H,46,50)(H,51,52). The van der Waals surface area contributed by atoms with Gasteiger partial charge in [-0.15, -0.1) is 0 Å². The lowest BCUT2D eigenvalue weighted by molar-refractivity contribution is -0.142. The fourth-order valence-electron chi connectivity index (χ4n) is 7.28. The summed E-state index contributed by atoms with van der Waals surface area (Å²) >= 11 is 0. The summed E-state index contributed by atoms with van der Waals surface area (Å²) in [6.07, 6.45) is 7.06. The van der Waals surface area contributed by atoms with Crippen LogP contribution in [0, 0.1) is 5.92 Å². The molecule has 294 valence electrons. The van der Waals surface area contributed by atoms with E-state index in [2.05, 4.69) is 16.0 Å². The molecule has 1 aliphatic heterocycles. The molecule has 1 heterocycles. The molecule has 3 aromatic rings. The molecule has 0 aromatic heterocycles. The van der Waals surface area contributed by atoms with Crippen LogP contribution in [0.15, 0.2) is 78.9 Å².